The molecule has 0 N–H and O–H groups in total. The first-order valence-electron chi connectivity index (χ1n) is 9.48. The van der Waals surface area contributed by atoms with Crippen molar-refractivity contribution in [2.45, 2.75) is 25.5 Å². The van der Waals surface area contributed by atoms with Gasteiger partial charge in [-0.3, -0.25) is 0 Å². The SMILES string of the molecule is COC=C1CCN(C(=O)OCc2ccccc2)[C@H](c2ccc(C(=O)OC)cc2)C1. The molecule has 1 fully saturated rings. The van der Waals surface area contributed by atoms with Gasteiger partial charge in [0.05, 0.1) is 32.1 Å². The van der Waals surface area contributed by atoms with Gasteiger partial charge in [0.2, 0.25) is 0 Å². The Balaban J connectivity index is 1.77. The molecule has 0 saturated carbocycles. The van der Waals surface area contributed by atoms with Crippen LogP contribution in [-0.4, -0.2) is 37.7 Å². The number of carbonyl (C=O) groups excluding carboxylic acids is 2. The standard InChI is InChI=1S/C23H25NO5/c1-27-15-18-12-13-24(23(26)29-16-17-6-4-3-5-7-17)21(14-18)19-8-10-20(11-9-19)22(25)28-2/h3-11,15,21H,12-14,16H2,1-2H3/t21-/m0/s1. The van der Waals surface area contributed by atoms with E-state index in [2.05, 4.69) is 0 Å². The fraction of sp³-hybridized carbons (Fsp3) is 0.304. The minimum Gasteiger partial charge on any atom is -0.504 e. The third-order valence-electron chi connectivity index (χ3n) is 4.95. The van der Waals surface area contributed by atoms with Gasteiger partial charge < -0.3 is 19.1 Å². The largest absolute Gasteiger partial charge is 0.504 e. The van der Waals surface area contributed by atoms with Crippen LogP contribution in [0, 0.1) is 0 Å². The molecule has 0 bridgehead atoms. The molecule has 0 aliphatic carbocycles. The van der Waals surface area contributed by atoms with Crippen molar-refractivity contribution < 1.29 is 23.8 Å². The zero-order valence-corrected chi connectivity index (χ0v) is 16.7. The number of hydrogen-bond acceptors (Lipinski definition) is 5. The highest BCUT2D eigenvalue weighted by Crippen LogP contribution is 2.34. The lowest BCUT2D eigenvalue weighted by Crippen LogP contribution is -2.39. The molecule has 1 amide bonds. The van der Waals surface area contributed by atoms with E-state index in [1.807, 2.05) is 42.5 Å². The van der Waals surface area contributed by atoms with Crippen LogP contribution in [0.1, 0.15) is 40.4 Å². The van der Waals surface area contributed by atoms with Gasteiger partial charge in [-0.25, -0.2) is 9.59 Å². The van der Waals surface area contributed by atoms with E-state index in [0.29, 0.717) is 18.5 Å². The average molecular weight is 395 g/mol. The number of amides is 1. The molecule has 1 heterocycles. The van der Waals surface area contributed by atoms with Gasteiger partial charge in [-0.1, -0.05) is 42.5 Å². The predicted molar refractivity (Wildman–Crippen MR) is 108 cm³/mol. The van der Waals surface area contributed by atoms with Gasteiger partial charge in [-0.05, 0) is 41.7 Å². The minimum absolute atomic E-state index is 0.194. The second kappa shape index (κ2) is 9.78. The zero-order valence-electron chi connectivity index (χ0n) is 16.7. The molecule has 29 heavy (non-hydrogen) atoms. The first-order valence-corrected chi connectivity index (χ1v) is 9.48. The van der Waals surface area contributed by atoms with Gasteiger partial charge in [-0.2, -0.15) is 0 Å². The number of carbonyl (C=O) groups is 2. The van der Waals surface area contributed by atoms with Crippen molar-refractivity contribution in [3.63, 3.8) is 0 Å². The Labute approximate surface area is 170 Å². The van der Waals surface area contributed by atoms with Crippen molar-refractivity contribution >= 4 is 12.1 Å². The Hall–Kier alpha value is -3.28. The van der Waals surface area contributed by atoms with Crippen molar-refractivity contribution in [3.8, 4) is 0 Å². The molecule has 1 saturated heterocycles. The van der Waals surface area contributed by atoms with Crippen LogP contribution in [-0.2, 0) is 20.8 Å². The molecule has 1 aliphatic heterocycles. The van der Waals surface area contributed by atoms with Crippen LogP contribution in [0.25, 0.3) is 0 Å². The van der Waals surface area contributed by atoms with Gasteiger partial charge in [0.25, 0.3) is 0 Å². The summed E-state index contributed by atoms with van der Waals surface area (Å²) in [6.07, 6.45) is 2.76. The number of methoxy groups -OCH3 is 2. The first kappa shape index (κ1) is 20.5. The fourth-order valence-corrected chi connectivity index (χ4v) is 3.43. The number of benzene rings is 2. The molecule has 3 rings (SSSR count). The number of hydrogen-bond donors (Lipinski definition) is 0. The second-order valence-corrected chi connectivity index (χ2v) is 6.83. The number of nitrogens with zero attached hydrogens (tertiary/aromatic N) is 1. The molecule has 0 unspecified atom stereocenters. The number of piperidine rings is 1. The highest BCUT2D eigenvalue weighted by Gasteiger charge is 2.31. The van der Waals surface area contributed by atoms with Crippen LogP contribution in [0.2, 0.25) is 0 Å². The Bertz CT molecular complexity index is 861. The summed E-state index contributed by atoms with van der Waals surface area (Å²) in [7, 11) is 2.97. The third kappa shape index (κ3) is 5.16. The van der Waals surface area contributed by atoms with Crippen LogP contribution < -0.4 is 0 Å². The lowest BCUT2D eigenvalue weighted by molar-refractivity contribution is 0.0599. The van der Waals surface area contributed by atoms with E-state index in [0.717, 1.165) is 23.1 Å². The summed E-state index contributed by atoms with van der Waals surface area (Å²) >= 11 is 0. The number of esters is 1. The Morgan fingerprint density at radius 1 is 1.07 bits per heavy atom. The highest BCUT2D eigenvalue weighted by molar-refractivity contribution is 5.89. The molecule has 0 radical (unpaired) electrons. The van der Waals surface area contributed by atoms with Gasteiger partial charge in [0.15, 0.2) is 0 Å². The van der Waals surface area contributed by atoms with Crippen molar-refractivity contribution in [3.05, 3.63) is 83.1 Å². The summed E-state index contributed by atoms with van der Waals surface area (Å²) < 4.78 is 15.5. The van der Waals surface area contributed by atoms with Crippen LogP contribution in [0.5, 0.6) is 0 Å². The van der Waals surface area contributed by atoms with E-state index in [4.69, 9.17) is 14.2 Å². The van der Waals surface area contributed by atoms with Gasteiger partial charge in [0.1, 0.15) is 6.61 Å². The van der Waals surface area contributed by atoms with E-state index in [1.165, 1.54) is 7.11 Å². The van der Waals surface area contributed by atoms with Crippen LogP contribution in [0.4, 0.5) is 4.79 Å². The number of rotatable bonds is 5. The Morgan fingerprint density at radius 2 is 1.79 bits per heavy atom. The molecule has 2 aromatic carbocycles. The summed E-state index contributed by atoms with van der Waals surface area (Å²) in [5.74, 6) is -0.390. The predicted octanol–water partition coefficient (Wildman–Crippen LogP) is 4.48. The molecule has 152 valence electrons. The maximum atomic E-state index is 12.8. The van der Waals surface area contributed by atoms with Gasteiger partial charge in [-0.15, -0.1) is 0 Å². The van der Waals surface area contributed by atoms with E-state index in [9.17, 15) is 9.59 Å². The normalized spacial score (nSPS) is 17.7. The molecule has 0 aromatic heterocycles. The lowest BCUT2D eigenvalue weighted by atomic mass is 9.92. The molecule has 1 aliphatic rings. The molecule has 0 spiro atoms. The Morgan fingerprint density at radius 3 is 2.45 bits per heavy atom. The lowest BCUT2D eigenvalue weighted by Gasteiger charge is -2.36. The maximum absolute atomic E-state index is 12.8. The van der Waals surface area contributed by atoms with E-state index in [-0.39, 0.29) is 24.7 Å². The molecule has 1 atom stereocenters. The zero-order chi connectivity index (χ0) is 20.6. The van der Waals surface area contributed by atoms with Crippen molar-refractivity contribution in [2.24, 2.45) is 0 Å². The van der Waals surface area contributed by atoms with Gasteiger partial charge >= 0.3 is 12.1 Å². The van der Waals surface area contributed by atoms with Crippen LogP contribution in [0.15, 0.2) is 66.4 Å². The number of likely N-dealkylation sites (tertiary alicyclic amines) is 1. The molecular formula is C23H25NO5. The third-order valence-corrected chi connectivity index (χ3v) is 4.95. The van der Waals surface area contributed by atoms with Gasteiger partial charge in [0, 0.05) is 6.54 Å². The maximum Gasteiger partial charge on any atom is 0.410 e. The summed E-state index contributed by atoms with van der Waals surface area (Å²) in [6, 6.07) is 16.5. The fourth-order valence-electron chi connectivity index (χ4n) is 3.43. The topological polar surface area (TPSA) is 65.1 Å². The van der Waals surface area contributed by atoms with E-state index >= 15 is 0 Å². The monoisotopic (exact) mass is 395 g/mol. The first-order chi connectivity index (χ1) is 14.1. The summed E-state index contributed by atoms with van der Waals surface area (Å²) in [4.78, 5) is 26.3. The van der Waals surface area contributed by atoms with Crippen molar-refractivity contribution in [2.75, 3.05) is 20.8 Å². The minimum atomic E-state index is -0.390. The molecule has 2 aromatic rings. The molecular weight excluding hydrogens is 370 g/mol. The van der Waals surface area contributed by atoms with E-state index in [1.54, 1.807) is 30.4 Å². The summed E-state index contributed by atoms with van der Waals surface area (Å²) in [5, 5.41) is 0. The average Bonchev–Trinajstić information content (AvgIpc) is 2.78. The van der Waals surface area contributed by atoms with Crippen molar-refractivity contribution in [1.29, 1.82) is 0 Å². The summed E-state index contributed by atoms with van der Waals surface area (Å²) in [6.45, 7) is 0.761. The quantitative estimate of drug-likeness (QED) is 0.552. The molecule has 6 heteroatoms. The number of ether oxygens (including phenoxy) is 3. The van der Waals surface area contributed by atoms with Crippen LogP contribution >= 0.6 is 0 Å². The second-order valence-electron chi connectivity index (χ2n) is 6.83. The van der Waals surface area contributed by atoms with Crippen molar-refractivity contribution in [1.82, 2.24) is 4.90 Å². The highest BCUT2D eigenvalue weighted by atomic mass is 16.6. The smallest absolute Gasteiger partial charge is 0.410 e. The van der Waals surface area contributed by atoms with E-state index < -0.39 is 0 Å². The Kier molecular flexibility index (Phi) is 6.89. The molecule has 6 nitrogen and oxygen atoms in total. The summed E-state index contributed by atoms with van der Waals surface area (Å²) in [5.41, 5.74) is 3.47. The van der Waals surface area contributed by atoms with Crippen LogP contribution in [0.3, 0.4) is 0 Å².